The molecule has 0 spiro atoms. The van der Waals surface area contributed by atoms with E-state index in [0.29, 0.717) is 11.8 Å². The Morgan fingerprint density at radius 3 is 2.94 bits per heavy atom. The topological polar surface area (TPSA) is 24.9 Å². The van der Waals surface area contributed by atoms with Crippen LogP contribution in [-0.2, 0) is 6.42 Å². The lowest BCUT2D eigenvalue weighted by Gasteiger charge is -2.31. The molecule has 1 fully saturated rings. The predicted octanol–water partition coefficient (Wildman–Crippen LogP) is 3.08. The number of hydrogen-bond acceptors (Lipinski definition) is 3. The van der Waals surface area contributed by atoms with Gasteiger partial charge < -0.3 is 5.32 Å². The van der Waals surface area contributed by atoms with Gasteiger partial charge in [-0.15, -0.1) is 11.3 Å². The third kappa shape index (κ3) is 2.62. The van der Waals surface area contributed by atoms with Crippen molar-refractivity contribution >= 4 is 11.3 Å². The Hall–Kier alpha value is -1.19. The van der Waals surface area contributed by atoms with E-state index in [1.807, 2.05) is 5.51 Å². The standard InChI is InChI=1S/C15H18N2S/c1-2-4-12(5-3-1)8-13-9-16-7-6-14(13)15-10-17-11-18-15/h1-5,10-11,13-14,16H,6-9H2. The summed E-state index contributed by atoms with van der Waals surface area (Å²) >= 11 is 1.80. The second kappa shape index (κ2) is 5.63. The average Bonchev–Trinajstić information content (AvgIpc) is 2.94. The minimum atomic E-state index is 0.680. The van der Waals surface area contributed by atoms with Crippen LogP contribution >= 0.6 is 11.3 Å². The molecule has 1 saturated heterocycles. The zero-order valence-electron chi connectivity index (χ0n) is 10.4. The van der Waals surface area contributed by atoms with Crippen molar-refractivity contribution in [2.45, 2.75) is 18.8 Å². The number of piperidine rings is 1. The van der Waals surface area contributed by atoms with E-state index in [-0.39, 0.29) is 0 Å². The van der Waals surface area contributed by atoms with Gasteiger partial charge in [-0.1, -0.05) is 30.3 Å². The summed E-state index contributed by atoms with van der Waals surface area (Å²) in [5.74, 6) is 1.38. The monoisotopic (exact) mass is 258 g/mol. The zero-order chi connectivity index (χ0) is 12.2. The van der Waals surface area contributed by atoms with Crippen molar-refractivity contribution in [1.82, 2.24) is 10.3 Å². The highest BCUT2D eigenvalue weighted by molar-refractivity contribution is 7.09. The van der Waals surface area contributed by atoms with Crippen LogP contribution in [-0.4, -0.2) is 18.1 Å². The molecule has 2 atom stereocenters. The second-order valence-corrected chi connectivity index (χ2v) is 5.87. The molecule has 94 valence electrons. The molecule has 2 aromatic rings. The fourth-order valence-electron chi connectivity index (χ4n) is 2.84. The zero-order valence-corrected chi connectivity index (χ0v) is 11.2. The van der Waals surface area contributed by atoms with Crippen molar-refractivity contribution in [2.24, 2.45) is 5.92 Å². The van der Waals surface area contributed by atoms with E-state index < -0.39 is 0 Å². The van der Waals surface area contributed by atoms with E-state index in [4.69, 9.17) is 0 Å². The predicted molar refractivity (Wildman–Crippen MR) is 76.0 cm³/mol. The minimum absolute atomic E-state index is 0.680. The first kappa shape index (κ1) is 11.9. The number of rotatable bonds is 3. The molecule has 1 aliphatic rings. The van der Waals surface area contributed by atoms with Gasteiger partial charge in [0.2, 0.25) is 0 Å². The van der Waals surface area contributed by atoms with Crippen LogP contribution in [0.15, 0.2) is 42.0 Å². The molecule has 0 saturated carbocycles. The Morgan fingerprint density at radius 2 is 2.17 bits per heavy atom. The number of aromatic nitrogens is 1. The van der Waals surface area contributed by atoms with Crippen molar-refractivity contribution in [3.05, 3.63) is 52.5 Å². The maximum atomic E-state index is 4.24. The van der Waals surface area contributed by atoms with E-state index in [1.54, 1.807) is 11.3 Å². The normalized spacial score (nSPS) is 24.0. The van der Waals surface area contributed by atoms with Gasteiger partial charge in [0.15, 0.2) is 0 Å². The fourth-order valence-corrected chi connectivity index (χ4v) is 3.69. The Bertz CT molecular complexity index is 467. The lowest BCUT2D eigenvalue weighted by Crippen LogP contribution is -2.36. The summed E-state index contributed by atoms with van der Waals surface area (Å²) < 4.78 is 0. The van der Waals surface area contributed by atoms with Gasteiger partial charge in [0, 0.05) is 17.0 Å². The van der Waals surface area contributed by atoms with E-state index >= 15 is 0 Å². The highest BCUT2D eigenvalue weighted by atomic mass is 32.1. The van der Waals surface area contributed by atoms with Gasteiger partial charge >= 0.3 is 0 Å². The van der Waals surface area contributed by atoms with Crippen molar-refractivity contribution in [1.29, 1.82) is 0 Å². The van der Waals surface area contributed by atoms with E-state index in [9.17, 15) is 0 Å². The van der Waals surface area contributed by atoms with Crippen molar-refractivity contribution in [2.75, 3.05) is 13.1 Å². The van der Waals surface area contributed by atoms with Crippen LogP contribution in [0.3, 0.4) is 0 Å². The minimum Gasteiger partial charge on any atom is -0.316 e. The molecule has 3 heteroatoms. The largest absolute Gasteiger partial charge is 0.316 e. The lowest BCUT2D eigenvalue weighted by molar-refractivity contribution is 0.327. The first-order chi connectivity index (χ1) is 8.93. The Morgan fingerprint density at radius 1 is 1.28 bits per heavy atom. The molecule has 1 aromatic heterocycles. The first-order valence-electron chi connectivity index (χ1n) is 6.56. The third-order valence-electron chi connectivity index (χ3n) is 3.77. The van der Waals surface area contributed by atoms with Crippen molar-refractivity contribution in [3.8, 4) is 0 Å². The number of nitrogens with one attached hydrogen (secondary N) is 1. The van der Waals surface area contributed by atoms with E-state index in [2.05, 4.69) is 46.8 Å². The highest BCUT2D eigenvalue weighted by Crippen LogP contribution is 2.34. The summed E-state index contributed by atoms with van der Waals surface area (Å²) in [6.45, 7) is 2.26. The molecular formula is C15H18N2S. The summed E-state index contributed by atoms with van der Waals surface area (Å²) in [4.78, 5) is 5.69. The molecular weight excluding hydrogens is 240 g/mol. The summed E-state index contributed by atoms with van der Waals surface area (Å²) in [5.41, 5.74) is 3.40. The van der Waals surface area contributed by atoms with E-state index in [1.165, 1.54) is 16.9 Å². The van der Waals surface area contributed by atoms with E-state index in [0.717, 1.165) is 19.5 Å². The molecule has 0 radical (unpaired) electrons. The van der Waals surface area contributed by atoms with Crippen LogP contribution in [0, 0.1) is 5.92 Å². The SMILES string of the molecule is c1ccc(CC2CNCCC2c2cncs2)cc1. The van der Waals surface area contributed by atoms with Crippen molar-refractivity contribution < 1.29 is 0 Å². The molecule has 2 heterocycles. The molecule has 1 aromatic carbocycles. The van der Waals surface area contributed by atoms with Crippen LogP contribution in [0.2, 0.25) is 0 Å². The lowest BCUT2D eigenvalue weighted by atomic mass is 9.81. The molecule has 0 amide bonds. The van der Waals surface area contributed by atoms with Gasteiger partial charge in [0.1, 0.15) is 0 Å². The summed E-state index contributed by atoms with van der Waals surface area (Å²) in [6, 6.07) is 10.8. The van der Waals surface area contributed by atoms with Crippen LogP contribution < -0.4 is 5.32 Å². The van der Waals surface area contributed by atoms with Gasteiger partial charge in [0.25, 0.3) is 0 Å². The molecule has 0 aliphatic carbocycles. The maximum Gasteiger partial charge on any atom is 0.0794 e. The molecule has 2 nitrogen and oxygen atoms in total. The second-order valence-electron chi connectivity index (χ2n) is 4.95. The van der Waals surface area contributed by atoms with Gasteiger partial charge in [-0.05, 0) is 37.4 Å². The third-order valence-corrected chi connectivity index (χ3v) is 4.67. The average molecular weight is 258 g/mol. The van der Waals surface area contributed by atoms with Gasteiger partial charge in [-0.3, -0.25) is 4.98 Å². The quantitative estimate of drug-likeness (QED) is 0.915. The van der Waals surface area contributed by atoms with Crippen LogP contribution in [0.5, 0.6) is 0 Å². The van der Waals surface area contributed by atoms with Crippen LogP contribution in [0.4, 0.5) is 0 Å². The molecule has 3 rings (SSSR count). The number of benzene rings is 1. The number of thiazole rings is 1. The molecule has 2 unspecified atom stereocenters. The van der Waals surface area contributed by atoms with Crippen molar-refractivity contribution in [3.63, 3.8) is 0 Å². The molecule has 1 aliphatic heterocycles. The van der Waals surface area contributed by atoms with Crippen LogP contribution in [0.1, 0.15) is 22.8 Å². The van der Waals surface area contributed by atoms with Gasteiger partial charge in [0.05, 0.1) is 5.51 Å². The number of hydrogen-bond donors (Lipinski definition) is 1. The fraction of sp³-hybridized carbons (Fsp3) is 0.400. The molecule has 18 heavy (non-hydrogen) atoms. The maximum absolute atomic E-state index is 4.24. The Labute approximate surface area is 112 Å². The molecule has 1 N–H and O–H groups in total. The van der Waals surface area contributed by atoms with Gasteiger partial charge in [-0.25, -0.2) is 0 Å². The Kier molecular flexibility index (Phi) is 3.72. The summed E-state index contributed by atoms with van der Waals surface area (Å²) in [7, 11) is 0. The number of nitrogens with zero attached hydrogens (tertiary/aromatic N) is 1. The highest BCUT2D eigenvalue weighted by Gasteiger charge is 2.27. The summed E-state index contributed by atoms with van der Waals surface area (Å²) in [6.07, 6.45) is 4.45. The van der Waals surface area contributed by atoms with Crippen LogP contribution in [0.25, 0.3) is 0 Å². The first-order valence-corrected chi connectivity index (χ1v) is 7.44. The molecule has 0 bridgehead atoms. The van der Waals surface area contributed by atoms with Gasteiger partial charge in [-0.2, -0.15) is 0 Å². The summed E-state index contributed by atoms with van der Waals surface area (Å²) in [5, 5.41) is 3.53. The smallest absolute Gasteiger partial charge is 0.0794 e. The Balaban J connectivity index is 1.76.